The first-order valence-corrected chi connectivity index (χ1v) is 7.71. The van der Waals surface area contributed by atoms with Crippen LogP contribution in [0.2, 0.25) is 0 Å². The van der Waals surface area contributed by atoms with E-state index in [2.05, 4.69) is 9.89 Å². The molecule has 2 aliphatic heterocycles. The number of carbonyl (C=O) groups is 1. The number of carbonyl (C=O) groups excluding carboxylic acids is 1. The van der Waals surface area contributed by atoms with Crippen molar-refractivity contribution in [3.05, 3.63) is 53.0 Å². The third kappa shape index (κ3) is 3.62. The maximum Gasteiger partial charge on any atom is 0.286 e. The van der Waals surface area contributed by atoms with Crippen LogP contribution < -0.4 is 0 Å². The molecule has 0 N–H and O–H groups in total. The fraction of sp³-hybridized carbons (Fsp3) is 0.250. The molecule has 108 valence electrons. The predicted octanol–water partition coefficient (Wildman–Crippen LogP) is 2.55. The number of aliphatic imine (C=N–C) groups is 1. The van der Waals surface area contributed by atoms with E-state index in [4.69, 9.17) is 4.74 Å². The predicted molar refractivity (Wildman–Crippen MR) is 86.0 cm³/mol. The molecule has 1 fully saturated rings. The highest BCUT2D eigenvalue weighted by molar-refractivity contribution is 8.18. The minimum atomic E-state index is -0.154. The van der Waals surface area contributed by atoms with Crippen LogP contribution in [0, 0.1) is 0 Å². The van der Waals surface area contributed by atoms with Crippen molar-refractivity contribution in [2.24, 2.45) is 4.99 Å². The number of nitrogens with zero attached hydrogens (tertiary/aromatic N) is 2. The van der Waals surface area contributed by atoms with Crippen molar-refractivity contribution in [2.45, 2.75) is 0 Å². The van der Waals surface area contributed by atoms with Gasteiger partial charge in [0.1, 0.15) is 0 Å². The van der Waals surface area contributed by atoms with Crippen LogP contribution in [0.5, 0.6) is 0 Å². The third-order valence-electron chi connectivity index (χ3n) is 3.23. The summed E-state index contributed by atoms with van der Waals surface area (Å²) < 4.78 is 5.31. The molecule has 0 spiro atoms. The van der Waals surface area contributed by atoms with Gasteiger partial charge < -0.3 is 9.64 Å². The Morgan fingerprint density at radius 3 is 2.71 bits per heavy atom. The molecule has 1 saturated heterocycles. The zero-order chi connectivity index (χ0) is 14.5. The molecular weight excluding hydrogens is 284 g/mol. The number of benzene rings is 1. The number of allylic oxidation sites excluding steroid dienone is 2. The maximum atomic E-state index is 11.9. The summed E-state index contributed by atoms with van der Waals surface area (Å²) in [6, 6.07) is 10.0. The quantitative estimate of drug-likeness (QED) is 0.787. The SMILES string of the molecule is O=C1N=C(N2CCOCC2)S/C1=C/C=C\c1ccccc1. The van der Waals surface area contributed by atoms with Crippen LogP contribution in [0.3, 0.4) is 0 Å². The Labute approximate surface area is 128 Å². The van der Waals surface area contributed by atoms with Crippen LogP contribution >= 0.6 is 11.8 Å². The standard InChI is InChI=1S/C16H16N2O2S/c19-15-14(8-4-7-13-5-2-1-3-6-13)21-16(17-15)18-9-11-20-12-10-18/h1-8H,9-12H2/b7-4-,14-8+. The molecule has 5 heteroatoms. The van der Waals surface area contributed by atoms with E-state index in [9.17, 15) is 4.79 Å². The van der Waals surface area contributed by atoms with Crippen molar-refractivity contribution in [1.82, 2.24) is 4.90 Å². The van der Waals surface area contributed by atoms with E-state index in [0.717, 1.165) is 23.8 Å². The molecule has 4 nitrogen and oxygen atoms in total. The molecule has 2 aliphatic rings. The Kier molecular flexibility index (Phi) is 4.52. The molecule has 3 rings (SSSR count). The van der Waals surface area contributed by atoms with E-state index in [1.54, 1.807) is 0 Å². The Hall–Kier alpha value is -1.85. The first-order valence-electron chi connectivity index (χ1n) is 6.90. The number of morpholine rings is 1. The number of thioether (sulfide) groups is 1. The third-order valence-corrected chi connectivity index (χ3v) is 4.29. The van der Waals surface area contributed by atoms with Crippen molar-refractivity contribution in [3.63, 3.8) is 0 Å². The van der Waals surface area contributed by atoms with Crippen molar-refractivity contribution >= 4 is 28.9 Å². The number of hydrogen-bond donors (Lipinski definition) is 0. The summed E-state index contributed by atoms with van der Waals surface area (Å²) in [5.74, 6) is -0.154. The van der Waals surface area contributed by atoms with Crippen LogP contribution in [-0.2, 0) is 9.53 Å². The fourth-order valence-electron chi connectivity index (χ4n) is 2.11. The largest absolute Gasteiger partial charge is 0.378 e. The van der Waals surface area contributed by atoms with Crippen LogP contribution in [0.1, 0.15) is 5.56 Å². The van der Waals surface area contributed by atoms with E-state index in [1.165, 1.54) is 11.8 Å². The molecule has 0 aliphatic carbocycles. The van der Waals surface area contributed by atoms with Gasteiger partial charge in [-0.1, -0.05) is 42.5 Å². The summed E-state index contributed by atoms with van der Waals surface area (Å²) in [4.78, 5) is 18.8. The van der Waals surface area contributed by atoms with Gasteiger partial charge in [-0.3, -0.25) is 4.79 Å². The summed E-state index contributed by atoms with van der Waals surface area (Å²) in [6.07, 6.45) is 5.71. The molecule has 0 atom stereocenters. The topological polar surface area (TPSA) is 41.9 Å². The summed E-state index contributed by atoms with van der Waals surface area (Å²) in [6.45, 7) is 2.99. The van der Waals surface area contributed by atoms with Gasteiger partial charge in [0.15, 0.2) is 5.17 Å². The van der Waals surface area contributed by atoms with Gasteiger partial charge in [0.2, 0.25) is 0 Å². The fourth-order valence-corrected chi connectivity index (χ4v) is 3.03. The second-order valence-electron chi connectivity index (χ2n) is 4.70. The molecular formula is C16H16N2O2S. The van der Waals surface area contributed by atoms with E-state index in [-0.39, 0.29) is 5.91 Å². The normalized spacial score (nSPS) is 21.3. The van der Waals surface area contributed by atoms with Gasteiger partial charge in [-0.2, -0.15) is 4.99 Å². The van der Waals surface area contributed by atoms with Gasteiger partial charge in [-0.15, -0.1) is 0 Å². The summed E-state index contributed by atoms with van der Waals surface area (Å²) in [5.41, 5.74) is 1.11. The zero-order valence-corrected chi connectivity index (χ0v) is 12.4. The van der Waals surface area contributed by atoms with E-state index in [0.29, 0.717) is 18.1 Å². The number of amides is 1. The monoisotopic (exact) mass is 300 g/mol. The molecule has 1 aromatic rings. The van der Waals surface area contributed by atoms with Gasteiger partial charge in [0.25, 0.3) is 5.91 Å². The zero-order valence-electron chi connectivity index (χ0n) is 11.6. The van der Waals surface area contributed by atoms with E-state index < -0.39 is 0 Å². The minimum absolute atomic E-state index is 0.154. The molecule has 1 amide bonds. The molecule has 1 aromatic carbocycles. The molecule has 0 unspecified atom stereocenters. The second kappa shape index (κ2) is 6.74. The van der Waals surface area contributed by atoms with Gasteiger partial charge in [0.05, 0.1) is 18.1 Å². The van der Waals surface area contributed by atoms with Crippen LogP contribution in [0.15, 0.2) is 52.4 Å². The lowest BCUT2D eigenvalue weighted by atomic mass is 10.2. The van der Waals surface area contributed by atoms with Crippen molar-refractivity contribution < 1.29 is 9.53 Å². The highest BCUT2D eigenvalue weighted by Gasteiger charge is 2.26. The maximum absolute atomic E-state index is 11.9. The van der Waals surface area contributed by atoms with Crippen LogP contribution in [0.4, 0.5) is 0 Å². The van der Waals surface area contributed by atoms with Crippen molar-refractivity contribution in [2.75, 3.05) is 26.3 Å². The van der Waals surface area contributed by atoms with Gasteiger partial charge in [-0.25, -0.2) is 0 Å². The highest BCUT2D eigenvalue weighted by atomic mass is 32.2. The Morgan fingerprint density at radius 1 is 1.19 bits per heavy atom. The number of hydrogen-bond acceptors (Lipinski definition) is 4. The lowest BCUT2D eigenvalue weighted by Gasteiger charge is -2.27. The smallest absolute Gasteiger partial charge is 0.286 e. The lowest BCUT2D eigenvalue weighted by molar-refractivity contribution is -0.113. The average molecular weight is 300 g/mol. The van der Waals surface area contributed by atoms with Crippen LogP contribution in [0.25, 0.3) is 6.08 Å². The molecule has 0 saturated carbocycles. The van der Waals surface area contributed by atoms with Crippen molar-refractivity contribution in [1.29, 1.82) is 0 Å². The molecule has 0 bridgehead atoms. The Bertz CT molecular complexity index is 602. The lowest BCUT2D eigenvalue weighted by Crippen LogP contribution is -2.38. The van der Waals surface area contributed by atoms with Gasteiger partial charge in [0, 0.05) is 13.1 Å². The molecule has 0 radical (unpaired) electrons. The van der Waals surface area contributed by atoms with Gasteiger partial charge >= 0.3 is 0 Å². The van der Waals surface area contributed by atoms with E-state index >= 15 is 0 Å². The number of rotatable bonds is 2. The van der Waals surface area contributed by atoms with Crippen LogP contribution in [-0.4, -0.2) is 42.3 Å². The summed E-state index contributed by atoms with van der Waals surface area (Å²) in [5, 5.41) is 0.794. The highest BCUT2D eigenvalue weighted by Crippen LogP contribution is 2.28. The second-order valence-corrected chi connectivity index (χ2v) is 5.71. The molecule has 0 aromatic heterocycles. The molecule has 21 heavy (non-hydrogen) atoms. The first kappa shape index (κ1) is 14.1. The number of amidine groups is 1. The minimum Gasteiger partial charge on any atom is -0.378 e. The number of ether oxygens (including phenoxy) is 1. The summed E-state index contributed by atoms with van der Waals surface area (Å²) in [7, 11) is 0. The Morgan fingerprint density at radius 2 is 1.95 bits per heavy atom. The molecule has 2 heterocycles. The van der Waals surface area contributed by atoms with Crippen molar-refractivity contribution in [3.8, 4) is 0 Å². The van der Waals surface area contributed by atoms with E-state index in [1.807, 2.05) is 48.6 Å². The first-order chi connectivity index (χ1) is 10.3. The van der Waals surface area contributed by atoms with Gasteiger partial charge in [-0.05, 0) is 23.4 Å². The average Bonchev–Trinajstić information content (AvgIpc) is 2.91. The Balaban J connectivity index is 1.64. The summed E-state index contributed by atoms with van der Waals surface area (Å²) >= 11 is 1.44.